The lowest BCUT2D eigenvalue weighted by atomic mass is 9.83. The van der Waals surface area contributed by atoms with E-state index in [0.29, 0.717) is 17.9 Å². The molecule has 2 aliphatic rings. The van der Waals surface area contributed by atoms with E-state index in [1.165, 1.54) is 37.9 Å². The first kappa shape index (κ1) is 15.0. The Kier molecular flexibility index (Phi) is 4.34. The molecule has 3 heteroatoms. The lowest BCUT2D eigenvalue weighted by Gasteiger charge is -2.44. The molecule has 2 fully saturated rings. The van der Waals surface area contributed by atoms with Crippen LogP contribution in [0.4, 0.5) is 0 Å². The van der Waals surface area contributed by atoms with Gasteiger partial charge in [-0.15, -0.1) is 0 Å². The third-order valence-corrected chi connectivity index (χ3v) is 5.89. The predicted octanol–water partition coefficient (Wildman–Crippen LogP) is 2.89. The summed E-state index contributed by atoms with van der Waals surface area (Å²) in [6.45, 7) is 7.17. The van der Waals surface area contributed by atoms with Crippen molar-refractivity contribution in [1.82, 2.24) is 10.3 Å². The Labute approximate surface area is 128 Å². The summed E-state index contributed by atoms with van der Waals surface area (Å²) in [5.74, 6) is 7.36. The van der Waals surface area contributed by atoms with Crippen LogP contribution in [0.25, 0.3) is 0 Å². The number of hydrazine groups is 1. The molecule has 1 aliphatic carbocycles. The van der Waals surface area contributed by atoms with Gasteiger partial charge in [0.25, 0.3) is 0 Å². The summed E-state index contributed by atoms with van der Waals surface area (Å²) in [6, 6.07) is 11.3. The van der Waals surface area contributed by atoms with Gasteiger partial charge in [-0.05, 0) is 63.1 Å². The van der Waals surface area contributed by atoms with E-state index in [9.17, 15) is 0 Å². The number of likely N-dealkylation sites (tertiary alicyclic amines) is 1. The van der Waals surface area contributed by atoms with Crippen molar-refractivity contribution < 1.29 is 0 Å². The summed E-state index contributed by atoms with van der Waals surface area (Å²) >= 11 is 0. The molecule has 1 heterocycles. The van der Waals surface area contributed by atoms with Gasteiger partial charge in [-0.3, -0.25) is 16.2 Å². The standard InChI is InChI=1S/C18H29N3/c1-3-18(2,21-11-7-8-12-21)17(20-19)16-13-15(16)14-9-5-4-6-10-14/h4-6,9-10,15-17,20H,3,7-8,11-13,19H2,1-2H3. The van der Waals surface area contributed by atoms with E-state index in [4.69, 9.17) is 5.84 Å². The van der Waals surface area contributed by atoms with Crippen LogP contribution < -0.4 is 11.3 Å². The SMILES string of the molecule is CCC(C)(C(NN)C1CC1c1ccccc1)N1CCCC1. The molecule has 0 amide bonds. The molecule has 0 spiro atoms. The zero-order chi connectivity index (χ0) is 14.9. The number of hydrogen-bond acceptors (Lipinski definition) is 3. The van der Waals surface area contributed by atoms with Crippen molar-refractivity contribution in [2.75, 3.05) is 13.1 Å². The maximum atomic E-state index is 6.01. The Morgan fingerprint density at radius 1 is 1.29 bits per heavy atom. The predicted molar refractivity (Wildman–Crippen MR) is 87.9 cm³/mol. The quantitative estimate of drug-likeness (QED) is 0.624. The van der Waals surface area contributed by atoms with Crippen LogP contribution in [0.15, 0.2) is 30.3 Å². The Morgan fingerprint density at radius 2 is 1.95 bits per heavy atom. The summed E-state index contributed by atoms with van der Waals surface area (Å²) in [5.41, 5.74) is 4.85. The second-order valence-corrected chi connectivity index (χ2v) is 6.97. The highest BCUT2D eigenvalue weighted by molar-refractivity contribution is 5.28. The first-order valence-corrected chi connectivity index (χ1v) is 8.47. The largest absolute Gasteiger partial charge is 0.296 e. The van der Waals surface area contributed by atoms with E-state index < -0.39 is 0 Å². The smallest absolute Gasteiger partial charge is 0.0426 e. The van der Waals surface area contributed by atoms with Gasteiger partial charge in [0, 0.05) is 11.6 Å². The van der Waals surface area contributed by atoms with Gasteiger partial charge in [0.1, 0.15) is 0 Å². The summed E-state index contributed by atoms with van der Waals surface area (Å²) in [4.78, 5) is 2.66. The van der Waals surface area contributed by atoms with E-state index in [-0.39, 0.29) is 5.54 Å². The average molecular weight is 287 g/mol. The van der Waals surface area contributed by atoms with E-state index >= 15 is 0 Å². The molecule has 3 rings (SSSR count). The molecule has 0 radical (unpaired) electrons. The molecular formula is C18H29N3. The summed E-state index contributed by atoms with van der Waals surface area (Å²) in [7, 11) is 0. The van der Waals surface area contributed by atoms with Gasteiger partial charge in [0.2, 0.25) is 0 Å². The van der Waals surface area contributed by atoms with Gasteiger partial charge in [-0.25, -0.2) is 0 Å². The van der Waals surface area contributed by atoms with Crippen LogP contribution >= 0.6 is 0 Å². The van der Waals surface area contributed by atoms with Gasteiger partial charge >= 0.3 is 0 Å². The van der Waals surface area contributed by atoms with Crippen molar-refractivity contribution >= 4 is 0 Å². The molecule has 1 aromatic carbocycles. The third-order valence-electron chi connectivity index (χ3n) is 5.89. The Bertz CT molecular complexity index is 455. The van der Waals surface area contributed by atoms with Crippen LogP contribution in [0, 0.1) is 5.92 Å². The lowest BCUT2D eigenvalue weighted by molar-refractivity contribution is 0.0738. The summed E-state index contributed by atoms with van der Waals surface area (Å²) in [5, 5.41) is 0. The van der Waals surface area contributed by atoms with Crippen molar-refractivity contribution in [2.24, 2.45) is 11.8 Å². The highest BCUT2D eigenvalue weighted by Gasteiger charge is 2.52. The van der Waals surface area contributed by atoms with Crippen molar-refractivity contribution in [2.45, 2.75) is 57.0 Å². The number of nitrogens with one attached hydrogen (secondary N) is 1. The molecule has 1 saturated heterocycles. The normalized spacial score (nSPS) is 30.0. The monoisotopic (exact) mass is 287 g/mol. The number of nitrogens with two attached hydrogens (primary N) is 1. The van der Waals surface area contributed by atoms with E-state index in [1.54, 1.807) is 0 Å². The second kappa shape index (κ2) is 6.07. The van der Waals surface area contributed by atoms with Crippen molar-refractivity contribution in [3.05, 3.63) is 35.9 Å². The second-order valence-electron chi connectivity index (χ2n) is 6.97. The van der Waals surface area contributed by atoms with Gasteiger partial charge in [0.05, 0.1) is 0 Å². The Balaban J connectivity index is 1.76. The Hall–Kier alpha value is -0.900. The fraction of sp³-hybridized carbons (Fsp3) is 0.667. The first-order chi connectivity index (χ1) is 10.2. The molecule has 4 unspecified atom stereocenters. The van der Waals surface area contributed by atoms with Crippen LogP contribution in [-0.2, 0) is 0 Å². The van der Waals surface area contributed by atoms with E-state index in [1.807, 2.05) is 0 Å². The van der Waals surface area contributed by atoms with Crippen LogP contribution in [0.1, 0.15) is 51.0 Å². The molecular weight excluding hydrogens is 258 g/mol. The molecule has 0 aromatic heterocycles. The van der Waals surface area contributed by atoms with E-state index in [0.717, 1.165) is 6.42 Å². The molecule has 0 bridgehead atoms. The minimum Gasteiger partial charge on any atom is -0.296 e. The highest BCUT2D eigenvalue weighted by Crippen LogP contribution is 2.52. The molecule has 1 aromatic rings. The number of rotatable bonds is 6. The number of nitrogens with zero attached hydrogens (tertiary/aromatic N) is 1. The molecule has 1 aliphatic heterocycles. The molecule has 21 heavy (non-hydrogen) atoms. The minimum atomic E-state index is 0.180. The average Bonchev–Trinajstić information content (AvgIpc) is 3.10. The maximum absolute atomic E-state index is 6.01. The van der Waals surface area contributed by atoms with Gasteiger partial charge in [0.15, 0.2) is 0 Å². The maximum Gasteiger partial charge on any atom is 0.0426 e. The van der Waals surface area contributed by atoms with Gasteiger partial charge in [-0.1, -0.05) is 37.3 Å². The third kappa shape index (κ3) is 2.75. The molecule has 3 N–H and O–H groups in total. The van der Waals surface area contributed by atoms with Crippen LogP contribution in [0.2, 0.25) is 0 Å². The summed E-state index contributed by atoms with van der Waals surface area (Å²) in [6.07, 6.45) is 5.08. The van der Waals surface area contributed by atoms with Crippen molar-refractivity contribution in [1.29, 1.82) is 0 Å². The molecule has 4 atom stereocenters. The number of hydrogen-bond donors (Lipinski definition) is 2. The van der Waals surface area contributed by atoms with Gasteiger partial charge < -0.3 is 0 Å². The zero-order valence-electron chi connectivity index (χ0n) is 13.4. The highest BCUT2D eigenvalue weighted by atomic mass is 15.3. The first-order valence-electron chi connectivity index (χ1n) is 8.47. The molecule has 1 saturated carbocycles. The van der Waals surface area contributed by atoms with E-state index in [2.05, 4.69) is 54.5 Å². The topological polar surface area (TPSA) is 41.3 Å². The van der Waals surface area contributed by atoms with Crippen molar-refractivity contribution in [3.63, 3.8) is 0 Å². The van der Waals surface area contributed by atoms with Crippen LogP contribution in [0.5, 0.6) is 0 Å². The fourth-order valence-corrected chi connectivity index (χ4v) is 4.30. The van der Waals surface area contributed by atoms with Gasteiger partial charge in [-0.2, -0.15) is 0 Å². The minimum absolute atomic E-state index is 0.180. The van der Waals surface area contributed by atoms with Crippen LogP contribution in [0.3, 0.4) is 0 Å². The van der Waals surface area contributed by atoms with Crippen LogP contribution in [-0.4, -0.2) is 29.6 Å². The Morgan fingerprint density at radius 3 is 2.52 bits per heavy atom. The lowest BCUT2D eigenvalue weighted by Crippen LogP contribution is -2.61. The number of benzene rings is 1. The van der Waals surface area contributed by atoms with Crippen molar-refractivity contribution in [3.8, 4) is 0 Å². The molecule has 3 nitrogen and oxygen atoms in total. The fourth-order valence-electron chi connectivity index (χ4n) is 4.30. The zero-order valence-corrected chi connectivity index (χ0v) is 13.4. The molecule has 116 valence electrons. The summed E-state index contributed by atoms with van der Waals surface area (Å²) < 4.78 is 0.